The van der Waals surface area contributed by atoms with Crippen molar-refractivity contribution in [3.8, 4) is 0 Å². The van der Waals surface area contributed by atoms with Gasteiger partial charge in [-0.25, -0.2) is 0 Å². The zero-order valence-electron chi connectivity index (χ0n) is 66.9. The minimum absolute atomic E-state index is 0.905. The maximum atomic E-state index is 4.26. The van der Waals surface area contributed by atoms with E-state index in [-0.39, 0.29) is 0 Å². The van der Waals surface area contributed by atoms with Gasteiger partial charge >= 0.3 is 0 Å². The zero-order valence-corrected chi connectivity index (χ0v) is 66.9. The van der Waals surface area contributed by atoms with E-state index in [1.165, 1.54) is 353 Å². The molecule has 5 aliphatic rings. The summed E-state index contributed by atoms with van der Waals surface area (Å²) in [6.07, 6.45) is 93.4. The fourth-order valence-corrected chi connectivity index (χ4v) is 17.0. The highest BCUT2D eigenvalue weighted by Crippen LogP contribution is 2.34. The van der Waals surface area contributed by atoms with Crippen molar-refractivity contribution >= 4 is 22.3 Å². The van der Waals surface area contributed by atoms with E-state index in [9.17, 15) is 0 Å². The van der Waals surface area contributed by atoms with Crippen LogP contribution in [0.25, 0.3) is 22.3 Å². The van der Waals surface area contributed by atoms with Crippen LogP contribution in [0.2, 0.25) is 0 Å². The lowest BCUT2D eigenvalue weighted by molar-refractivity contribution is 0.373. The average Bonchev–Trinajstić information content (AvgIpc) is 1.60. The van der Waals surface area contributed by atoms with Crippen LogP contribution in [0.1, 0.15) is 359 Å². The third kappa shape index (κ3) is 27.2. The molecule has 0 aliphatic carbocycles. The van der Waals surface area contributed by atoms with Gasteiger partial charge < -0.3 is 39.5 Å². The van der Waals surface area contributed by atoms with Gasteiger partial charge in [0, 0.05) is 97.4 Å². The Bertz CT molecular complexity index is 3100. The van der Waals surface area contributed by atoms with Crippen molar-refractivity contribution in [2.24, 2.45) is 0 Å². The molecule has 8 heteroatoms. The number of unbranched alkanes of at least 4 members (excludes halogenated alkanes) is 44. The summed E-state index contributed by atoms with van der Waals surface area (Å²) in [6, 6.07) is 19.2. The molecule has 0 radical (unpaired) electrons. The van der Waals surface area contributed by atoms with Gasteiger partial charge in [0.05, 0.1) is 44.2 Å². The highest BCUT2D eigenvalue weighted by Gasteiger charge is 2.27. The molecule has 0 saturated carbocycles. The Morgan fingerprint density at radius 1 is 0.212 bits per heavy atom. The standard InChI is InChI=1S/C96H148N8/c1-5-9-13-17-21-25-29-33-37-41-45-53-73-101-77-57-49-61-89(101)93-81-65-67-83(97-81)94(90-62-50-58-78-102(90)74-54-46-42-38-34-30-26-22-18-14-10-6-2)85-69-71-87(99-85)96(92-64-52-60-80-104(92)76-56-48-44-40-36-32-28-24-20-16-12-8-4)88-72-70-86(100-88)95(84-68-66-82(93)98-84)91-63-51-59-79-103(91)75-55-47-43-39-35-31-27-23-19-15-11-7-3/h49-52,57-72,97-100H,5-48,53-56,73-80H2,1-4H3. The summed E-state index contributed by atoms with van der Waals surface area (Å²) < 4.78 is 0. The van der Waals surface area contributed by atoms with Crippen molar-refractivity contribution < 1.29 is 0 Å². The van der Waals surface area contributed by atoms with Crippen molar-refractivity contribution in [2.45, 2.75) is 336 Å². The van der Waals surface area contributed by atoms with Crippen LogP contribution in [-0.2, 0) is 0 Å². The van der Waals surface area contributed by atoms with Crippen LogP contribution >= 0.6 is 0 Å². The van der Waals surface area contributed by atoms with Gasteiger partial charge in [-0.2, -0.15) is 0 Å². The van der Waals surface area contributed by atoms with E-state index in [1.807, 2.05) is 0 Å². The van der Waals surface area contributed by atoms with Crippen LogP contribution < -0.4 is 21.4 Å². The molecule has 8 bridgehead atoms. The maximum Gasteiger partial charge on any atom is 0.0500 e. The van der Waals surface area contributed by atoms with Gasteiger partial charge in [-0.1, -0.05) is 359 Å². The molecule has 0 atom stereocenters. The highest BCUT2D eigenvalue weighted by molar-refractivity contribution is 5.84. The molecule has 4 aromatic rings. The van der Waals surface area contributed by atoms with Crippen LogP contribution in [0, 0.1) is 0 Å². The monoisotopic (exact) mass is 1410 g/mol. The Labute approximate surface area is 634 Å². The molecule has 9 rings (SSSR count). The van der Waals surface area contributed by atoms with Crippen molar-refractivity contribution in [3.63, 3.8) is 0 Å². The van der Waals surface area contributed by atoms with E-state index in [4.69, 9.17) is 0 Å². The third-order valence-electron chi connectivity index (χ3n) is 23.3. The Balaban J connectivity index is 1.07. The maximum absolute atomic E-state index is 4.26. The quantitative estimate of drug-likeness (QED) is 0.0332. The molecule has 0 fully saturated rings. The lowest BCUT2D eigenvalue weighted by atomic mass is 10.0. The number of nitrogens with one attached hydrogen (secondary N) is 4. The number of fused-ring (bicyclic) bond motifs is 8. The SMILES string of the molecule is CCCCCCCCCCCCCCN1CC=CC=C1C1=c2ccc([nH]2)=C(C2=CC=CCN2CCCCCCCCCCCCCC)c2ccc([nH]2)C(C2=CC=CCN2CCCCCCCCCCCCCC)=c2ccc([nH]2)=C(C2=CC=CCN2CCCCCCCCCCCCCC)c2ccc1[nH]2. The summed E-state index contributed by atoms with van der Waals surface area (Å²) in [6.45, 7) is 17.0. The number of aromatic nitrogens is 4. The first-order valence-electron chi connectivity index (χ1n) is 44.3. The van der Waals surface area contributed by atoms with Gasteiger partial charge in [-0.3, -0.25) is 0 Å². The lowest BCUT2D eigenvalue weighted by Gasteiger charge is -2.31. The van der Waals surface area contributed by atoms with Crippen LogP contribution in [0.4, 0.5) is 0 Å². The molecule has 9 heterocycles. The first-order valence-corrected chi connectivity index (χ1v) is 44.3. The summed E-state index contributed by atoms with van der Waals surface area (Å²) in [5.74, 6) is 0. The summed E-state index contributed by atoms with van der Waals surface area (Å²) in [5.41, 5.74) is 14.6. The van der Waals surface area contributed by atoms with Crippen molar-refractivity contribution in [1.29, 1.82) is 0 Å². The fourth-order valence-electron chi connectivity index (χ4n) is 17.0. The van der Waals surface area contributed by atoms with Gasteiger partial charge in [0.15, 0.2) is 0 Å². The van der Waals surface area contributed by atoms with Crippen LogP contribution in [-0.4, -0.2) is 91.9 Å². The Morgan fingerprint density at radius 2 is 0.385 bits per heavy atom. The number of aromatic amines is 4. The molecule has 4 aromatic heterocycles. The molecule has 4 N–H and O–H groups in total. The Kier molecular flexibility index (Phi) is 39.0. The van der Waals surface area contributed by atoms with Crippen molar-refractivity contribution in [1.82, 2.24) is 39.5 Å². The second kappa shape index (κ2) is 49.6. The predicted molar refractivity (Wildman–Crippen MR) is 451 cm³/mol. The molecular formula is C96H148N8. The zero-order chi connectivity index (χ0) is 72.1. The van der Waals surface area contributed by atoms with Crippen molar-refractivity contribution in [2.75, 3.05) is 52.4 Å². The normalized spacial score (nSPS) is 15.3. The second-order valence-electron chi connectivity index (χ2n) is 31.9. The molecule has 0 amide bonds. The number of nitrogens with zero attached hydrogens (tertiary/aromatic N) is 4. The van der Waals surface area contributed by atoms with Crippen LogP contribution in [0.3, 0.4) is 0 Å². The Hall–Kier alpha value is -6.28. The predicted octanol–water partition coefficient (Wildman–Crippen LogP) is 23.9. The fraction of sp³-hybridized carbons (Fsp3) is 0.625. The molecule has 8 nitrogen and oxygen atoms in total. The summed E-state index contributed by atoms with van der Waals surface area (Å²) in [5, 5.41) is 4.56. The topological polar surface area (TPSA) is 76.1 Å². The molecule has 104 heavy (non-hydrogen) atoms. The number of H-pyrrole nitrogens is 4. The molecule has 0 spiro atoms. The van der Waals surface area contributed by atoms with E-state index in [2.05, 4.69) is 189 Å². The minimum atomic E-state index is 0.905. The van der Waals surface area contributed by atoms with Gasteiger partial charge in [-0.15, -0.1) is 0 Å². The van der Waals surface area contributed by atoms with Gasteiger partial charge in [0.25, 0.3) is 0 Å². The van der Waals surface area contributed by atoms with Crippen molar-refractivity contribution in [3.05, 3.63) is 188 Å². The first-order chi connectivity index (χ1) is 51.6. The Morgan fingerprint density at radius 3 is 0.567 bits per heavy atom. The van der Waals surface area contributed by atoms with E-state index in [0.717, 1.165) is 96.5 Å². The summed E-state index contributed by atoms with van der Waals surface area (Å²) in [4.78, 5) is 27.8. The smallest absolute Gasteiger partial charge is 0.0500 e. The second-order valence-corrected chi connectivity index (χ2v) is 31.9. The number of allylic oxidation sites excluding steroid dienone is 12. The first kappa shape index (κ1) is 81.8. The summed E-state index contributed by atoms with van der Waals surface area (Å²) in [7, 11) is 0. The average molecular weight is 1410 g/mol. The number of hydrogen-bond acceptors (Lipinski definition) is 4. The highest BCUT2D eigenvalue weighted by atomic mass is 15.2. The largest absolute Gasteiger partial charge is 0.367 e. The minimum Gasteiger partial charge on any atom is -0.367 e. The molecule has 5 aliphatic heterocycles. The molecular weight excluding hydrogens is 1270 g/mol. The number of rotatable bonds is 56. The van der Waals surface area contributed by atoms with E-state index < -0.39 is 0 Å². The summed E-state index contributed by atoms with van der Waals surface area (Å²) >= 11 is 0. The third-order valence-corrected chi connectivity index (χ3v) is 23.3. The molecule has 0 unspecified atom stereocenters. The van der Waals surface area contributed by atoms with Gasteiger partial charge in [0.2, 0.25) is 0 Å². The van der Waals surface area contributed by atoms with Gasteiger partial charge in [-0.05, 0) is 98.5 Å². The molecule has 0 saturated heterocycles. The number of hydrogen-bond donors (Lipinski definition) is 4. The van der Waals surface area contributed by atoms with Crippen LogP contribution in [0.15, 0.2) is 144 Å². The lowest BCUT2D eigenvalue weighted by Crippen LogP contribution is -2.32. The van der Waals surface area contributed by atoms with E-state index >= 15 is 0 Å². The molecule has 572 valence electrons. The van der Waals surface area contributed by atoms with Gasteiger partial charge in [0.1, 0.15) is 0 Å². The van der Waals surface area contributed by atoms with E-state index in [0.29, 0.717) is 0 Å². The van der Waals surface area contributed by atoms with E-state index in [1.54, 1.807) is 0 Å². The van der Waals surface area contributed by atoms with Crippen LogP contribution in [0.5, 0.6) is 0 Å². The molecule has 0 aromatic carbocycles.